The summed E-state index contributed by atoms with van der Waals surface area (Å²) in [5, 5.41) is 9.37. The van der Waals surface area contributed by atoms with Crippen LogP contribution in [-0.4, -0.2) is 49.3 Å². The first-order valence-corrected chi connectivity index (χ1v) is 5.91. The maximum Gasteiger partial charge on any atom is 0.254 e. The van der Waals surface area contributed by atoms with E-state index in [0.29, 0.717) is 29.4 Å². The minimum atomic E-state index is -0.227. The summed E-state index contributed by atoms with van der Waals surface area (Å²) in [7, 11) is 1.55. The molecular formula is C12H17ClN2O3. The van der Waals surface area contributed by atoms with Crippen molar-refractivity contribution in [3.05, 3.63) is 28.8 Å². The van der Waals surface area contributed by atoms with E-state index in [2.05, 4.69) is 0 Å². The van der Waals surface area contributed by atoms with Crippen molar-refractivity contribution in [2.24, 2.45) is 0 Å². The number of nitrogens with two attached hydrogens (primary N) is 1. The van der Waals surface area contributed by atoms with Gasteiger partial charge in [0.05, 0.1) is 13.2 Å². The van der Waals surface area contributed by atoms with Gasteiger partial charge in [0.25, 0.3) is 5.91 Å². The highest BCUT2D eigenvalue weighted by Crippen LogP contribution is 2.18. The zero-order valence-corrected chi connectivity index (χ0v) is 11.0. The first kappa shape index (κ1) is 14.8. The molecule has 100 valence electrons. The third-order valence-corrected chi connectivity index (χ3v) is 2.61. The zero-order chi connectivity index (χ0) is 13.5. The number of carbonyl (C=O) groups is 1. The lowest BCUT2D eigenvalue weighted by Crippen LogP contribution is -2.36. The Hall–Kier alpha value is -1.30. The van der Waals surface area contributed by atoms with E-state index in [9.17, 15) is 4.79 Å². The van der Waals surface area contributed by atoms with Crippen LogP contribution in [0, 0.1) is 0 Å². The molecule has 0 aliphatic heterocycles. The summed E-state index contributed by atoms with van der Waals surface area (Å²) < 4.78 is 4.93. The van der Waals surface area contributed by atoms with Crippen molar-refractivity contribution in [3.8, 4) is 0 Å². The summed E-state index contributed by atoms with van der Waals surface area (Å²) in [6.45, 7) is 0.949. The van der Waals surface area contributed by atoms with E-state index >= 15 is 0 Å². The Morgan fingerprint density at radius 1 is 1.44 bits per heavy atom. The number of carbonyl (C=O) groups excluding carboxylic acids is 1. The lowest BCUT2D eigenvalue weighted by atomic mass is 10.1. The van der Waals surface area contributed by atoms with Crippen molar-refractivity contribution >= 4 is 23.2 Å². The van der Waals surface area contributed by atoms with Crippen molar-refractivity contribution in [2.45, 2.75) is 0 Å². The molecular weight excluding hydrogens is 256 g/mol. The smallest absolute Gasteiger partial charge is 0.254 e. The quantitative estimate of drug-likeness (QED) is 0.758. The van der Waals surface area contributed by atoms with Crippen molar-refractivity contribution < 1.29 is 14.6 Å². The molecule has 18 heavy (non-hydrogen) atoms. The summed E-state index contributed by atoms with van der Waals surface area (Å²) in [6, 6.07) is 4.69. The molecule has 5 nitrogen and oxygen atoms in total. The maximum atomic E-state index is 12.2. The molecule has 0 radical (unpaired) electrons. The Bertz CT molecular complexity index is 392. The minimum absolute atomic E-state index is 0.106. The van der Waals surface area contributed by atoms with E-state index in [1.807, 2.05) is 0 Å². The van der Waals surface area contributed by atoms with Gasteiger partial charge in [-0.3, -0.25) is 4.79 Å². The first-order chi connectivity index (χ1) is 8.58. The number of hydrogen-bond acceptors (Lipinski definition) is 4. The minimum Gasteiger partial charge on any atom is -0.399 e. The van der Waals surface area contributed by atoms with Gasteiger partial charge in [0.1, 0.15) is 0 Å². The normalized spacial score (nSPS) is 10.4. The molecule has 0 fully saturated rings. The molecule has 0 aliphatic rings. The average Bonchev–Trinajstić information content (AvgIpc) is 2.32. The molecule has 6 heteroatoms. The summed E-state index contributed by atoms with van der Waals surface area (Å²) in [6.07, 6.45) is 0. The number of hydrogen-bond donors (Lipinski definition) is 2. The fourth-order valence-corrected chi connectivity index (χ4v) is 1.80. The Morgan fingerprint density at radius 2 is 2.17 bits per heavy atom. The summed E-state index contributed by atoms with van der Waals surface area (Å²) in [4.78, 5) is 13.7. The highest BCUT2D eigenvalue weighted by Gasteiger charge is 2.15. The largest absolute Gasteiger partial charge is 0.399 e. The molecule has 3 N–H and O–H groups in total. The Labute approximate surface area is 111 Å². The second-order valence-corrected chi connectivity index (χ2v) is 4.22. The lowest BCUT2D eigenvalue weighted by Gasteiger charge is -2.21. The average molecular weight is 273 g/mol. The van der Waals surface area contributed by atoms with E-state index in [1.54, 1.807) is 25.3 Å². The molecule has 0 spiro atoms. The molecule has 1 rings (SSSR count). The molecule has 1 amide bonds. The number of methoxy groups -OCH3 is 1. The van der Waals surface area contributed by atoms with Crippen molar-refractivity contribution in [1.82, 2.24) is 4.90 Å². The molecule has 0 aromatic heterocycles. The number of ether oxygens (including phenoxy) is 1. The fourth-order valence-electron chi connectivity index (χ4n) is 1.56. The molecule has 1 aromatic rings. The number of benzene rings is 1. The zero-order valence-electron chi connectivity index (χ0n) is 10.2. The number of anilines is 1. The predicted molar refractivity (Wildman–Crippen MR) is 70.7 cm³/mol. The van der Waals surface area contributed by atoms with Crippen LogP contribution in [0.2, 0.25) is 5.02 Å². The number of rotatable bonds is 6. The number of aliphatic hydroxyl groups excluding tert-OH is 1. The predicted octanol–water partition coefficient (Wildman–Crippen LogP) is 1.00. The van der Waals surface area contributed by atoms with E-state index in [4.69, 9.17) is 27.2 Å². The first-order valence-electron chi connectivity index (χ1n) is 5.53. The van der Waals surface area contributed by atoms with Crippen LogP contribution in [0.4, 0.5) is 5.69 Å². The van der Waals surface area contributed by atoms with Crippen LogP contribution < -0.4 is 5.73 Å². The van der Waals surface area contributed by atoms with Crippen LogP contribution in [0.5, 0.6) is 0 Å². The van der Waals surface area contributed by atoms with E-state index in [0.717, 1.165) is 0 Å². The van der Waals surface area contributed by atoms with Crippen LogP contribution in [-0.2, 0) is 4.74 Å². The van der Waals surface area contributed by atoms with Gasteiger partial charge in [-0.1, -0.05) is 11.6 Å². The van der Waals surface area contributed by atoms with E-state index in [1.165, 1.54) is 4.90 Å². The Kier molecular flexibility index (Phi) is 5.91. The maximum absolute atomic E-state index is 12.2. The van der Waals surface area contributed by atoms with E-state index in [-0.39, 0.29) is 19.1 Å². The topological polar surface area (TPSA) is 75.8 Å². The van der Waals surface area contributed by atoms with Crippen molar-refractivity contribution in [3.63, 3.8) is 0 Å². The molecule has 0 unspecified atom stereocenters. The number of aliphatic hydroxyl groups is 1. The molecule has 1 aromatic carbocycles. The van der Waals surface area contributed by atoms with Gasteiger partial charge in [0.2, 0.25) is 0 Å². The number of halogens is 1. The molecule has 0 heterocycles. The van der Waals surface area contributed by atoms with Crippen LogP contribution >= 0.6 is 11.6 Å². The van der Waals surface area contributed by atoms with E-state index < -0.39 is 0 Å². The summed E-state index contributed by atoms with van der Waals surface area (Å²) in [5.74, 6) is -0.227. The van der Waals surface area contributed by atoms with Gasteiger partial charge in [0, 0.05) is 36.5 Å². The lowest BCUT2D eigenvalue weighted by molar-refractivity contribution is 0.0656. The standard InChI is InChI=1S/C12H17ClN2O3/c1-18-5-3-15(2-4-16)12(17)9-6-10(13)8-11(14)7-9/h6-8,16H,2-5,14H2,1H3. The van der Waals surface area contributed by atoms with Gasteiger partial charge < -0.3 is 20.5 Å². The van der Waals surface area contributed by atoms with Gasteiger partial charge in [0.15, 0.2) is 0 Å². The number of nitrogens with zero attached hydrogens (tertiary/aromatic N) is 1. The number of nitrogen functional groups attached to an aromatic ring is 1. The van der Waals surface area contributed by atoms with Crippen LogP contribution in [0.1, 0.15) is 10.4 Å². The third kappa shape index (κ3) is 4.18. The SMILES string of the molecule is COCCN(CCO)C(=O)c1cc(N)cc(Cl)c1. The van der Waals surface area contributed by atoms with Crippen molar-refractivity contribution in [2.75, 3.05) is 39.1 Å². The highest BCUT2D eigenvalue weighted by atomic mass is 35.5. The Morgan fingerprint density at radius 3 is 2.72 bits per heavy atom. The summed E-state index contributed by atoms with van der Waals surface area (Å²) in [5.41, 5.74) is 6.48. The molecule has 0 aliphatic carbocycles. The Balaban J connectivity index is 2.86. The van der Waals surface area contributed by atoms with Crippen LogP contribution in [0.15, 0.2) is 18.2 Å². The van der Waals surface area contributed by atoms with Gasteiger partial charge >= 0.3 is 0 Å². The van der Waals surface area contributed by atoms with Crippen molar-refractivity contribution in [1.29, 1.82) is 0 Å². The number of amides is 1. The van der Waals surface area contributed by atoms with Gasteiger partial charge in [-0.25, -0.2) is 0 Å². The van der Waals surface area contributed by atoms with Gasteiger partial charge in [-0.05, 0) is 18.2 Å². The van der Waals surface area contributed by atoms with Crippen LogP contribution in [0.25, 0.3) is 0 Å². The molecule has 0 saturated carbocycles. The van der Waals surface area contributed by atoms with Gasteiger partial charge in [-0.15, -0.1) is 0 Å². The second-order valence-electron chi connectivity index (χ2n) is 3.78. The molecule has 0 bridgehead atoms. The van der Waals surface area contributed by atoms with Gasteiger partial charge in [-0.2, -0.15) is 0 Å². The fraction of sp³-hybridized carbons (Fsp3) is 0.417. The molecule has 0 saturated heterocycles. The third-order valence-electron chi connectivity index (χ3n) is 2.39. The second kappa shape index (κ2) is 7.20. The summed E-state index contributed by atoms with van der Waals surface area (Å²) >= 11 is 5.86. The van der Waals surface area contributed by atoms with Crippen LogP contribution in [0.3, 0.4) is 0 Å². The molecule has 0 atom stereocenters. The monoisotopic (exact) mass is 272 g/mol. The highest BCUT2D eigenvalue weighted by molar-refractivity contribution is 6.31.